The number of aryl methyl sites for hydroxylation is 3. The zero-order chi connectivity index (χ0) is 22.4. The van der Waals surface area contributed by atoms with Gasteiger partial charge in [-0.05, 0) is 61.9 Å². The number of nitrogens with one attached hydrogen (secondary N) is 2. The van der Waals surface area contributed by atoms with Gasteiger partial charge in [-0.3, -0.25) is 14.3 Å². The normalized spacial score (nSPS) is 13.3. The molecule has 162 valence electrons. The van der Waals surface area contributed by atoms with Crippen molar-refractivity contribution in [2.24, 2.45) is 7.05 Å². The van der Waals surface area contributed by atoms with Crippen LogP contribution in [-0.4, -0.2) is 32.6 Å². The standard InChI is InChI=1S/C24H23N5O2S/c1-13-6-7-15(23(30)25-16-8-9-16)11-18(13)27-24(31)17-12-19(20-5-4-10-32-20)26-22-21(17)14(2)28-29(22)3/h4-7,10-12,16H,8-9H2,1-3H3,(H,25,30)(H,27,31). The quantitative estimate of drug-likeness (QED) is 0.475. The van der Waals surface area contributed by atoms with Crippen LogP contribution in [0.5, 0.6) is 0 Å². The molecular formula is C24H23N5O2S. The molecule has 0 atom stereocenters. The van der Waals surface area contributed by atoms with E-state index in [1.54, 1.807) is 28.2 Å². The summed E-state index contributed by atoms with van der Waals surface area (Å²) in [6, 6.07) is 11.4. The van der Waals surface area contributed by atoms with Gasteiger partial charge < -0.3 is 10.6 Å². The van der Waals surface area contributed by atoms with Crippen LogP contribution in [0.1, 0.15) is 44.8 Å². The Labute approximate surface area is 189 Å². The molecule has 2 amide bonds. The minimum absolute atomic E-state index is 0.114. The molecule has 7 nitrogen and oxygen atoms in total. The highest BCUT2D eigenvalue weighted by molar-refractivity contribution is 7.13. The predicted octanol–water partition coefficient (Wildman–Crippen LogP) is 4.46. The molecule has 1 saturated carbocycles. The smallest absolute Gasteiger partial charge is 0.256 e. The largest absolute Gasteiger partial charge is 0.349 e. The number of anilines is 1. The number of aromatic nitrogens is 3. The van der Waals surface area contributed by atoms with E-state index in [0.717, 1.165) is 40.1 Å². The summed E-state index contributed by atoms with van der Waals surface area (Å²) >= 11 is 1.57. The van der Waals surface area contributed by atoms with Crippen LogP contribution < -0.4 is 10.6 Å². The summed E-state index contributed by atoms with van der Waals surface area (Å²) in [5, 5.41) is 13.2. The summed E-state index contributed by atoms with van der Waals surface area (Å²) in [5.74, 6) is -0.369. The fourth-order valence-electron chi connectivity index (χ4n) is 3.76. The number of hydrogen-bond acceptors (Lipinski definition) is 5. The van der Waals surface area contributed by atoms with Crippen molar-refractivity contribution >= 4 is 39.9 Å². The van der Waals surface area contributed by atoms with E-state index in [9.17, 15) is 9.59 Å². The van der Waals surface area contributed by atoms with Gasteiger partial charge in [0, 0.05) is 24.3 Å². The van der Waals surface area contributed by atoms with Gasteiger partial charge in [0.1, 0.15) is 0 Å². The average Bonchev–Trinajstić information content (AvgIpc) is 3.31. The van der Waals surface area contributed by atoms with Gasteiger partial charge in [-0.25, -0.2) is 4.98 Å². The lowest BCUT2D eigenvalue weighted by atomic mass is 10.1. The van der Waals surface area contributed by atoms with Crippen molar-refractivity contribution in [3.8, 4) is 10.6 Å². The Hall–Kier alpha value is -3.52. The Morgan fingerprint density at radius 2 is 1.94 bits per heavy atom. The first kappa shape index (κ1) is 20.4. The number of pyridine rings is 1. The maximum atomic E-state index is 13.5. The van der Waals surface area contributed by atoms with Crippen LogP contribution in [0.4, 0.5) is 5.69 Å². The van der Waals surface area contributed by atoms with Gasteiger partial charge in [-0.2, -0.15) is 5.10 Å². The summed E-state index contributed by atoms with van der Waals surface area (Å²) in [7, 11) is 1.83. The van der Waals surface area contributed by atoms with E-state index in [4.69, 9.17) is 4.98 Å². The van der Waals surface area contributed by atoms with Crippen molar-refractivity contribution in [1.29, 1.82) is 0 Å². The molecule has 1 aliphatic carbocycles. The molecule has 1 aliphatic rings. The molecule has 32 heavy (non-hydrogen) atoms. The van der Waals surface area contributed by atoms with Gasteiger partial charge >= 0.3 is 0 Å². The maximum Gasteiger partial charge on any atom is 0.256 e. The summed E-state index contributed by atoms with van der Waals surface area (Å²) in [5.41, 5.74) is 4.68. The van der Waals surface area contributed by atoms with Crippen LogP contribution in [0.15, 0.2) is 41.8 Å². The van der Waals surface area contributed by atoms with Gasteiger partial charge in [0.2, 0.25) is 0 Å². The first-order valence-corrected chi connectivity index (χ1v) is 11.4. The molecule has 0 bridgehead atoms. The van der Waals surface area contributed by atoms with Gasteiger partial charge in [-0.1, -0.05) is 12.1 Å². The van der Waals surface area contributed by atoms with E-state index >= 15 is 0 Å². The highest BCUT2D eigenvalue weighted by Gasteiger charge is 2.24. The lowest BCUT2D eigenvalue weighted by molar-refractivity contribution is 0.0949. The SMILES string of the molecule is Cc1ccc(C(=O)NC2CC2)cc1NC(=O)c1cc(-c2cccs2)nc2c1c(C)nn2C. The molecule has 0 spiro atoms. The van der Waals surface area contributed by atoms with Crippen LogP contribution in [0.3, 0.4) is 0 Å². The molecule has 5 rings (SSSR count). The lowest BCUT2D eigenvalue weighted by Crippen LogP contribution is -2.25. The van der Waals surface area contributed by atoms with E-state index in [1.807, 2.05) is 50.5 Å². The van der Waals surface area contributed by atoms with Gasteiger partial charge in [-0.15, -0.1) is 11.3 Å². The minimum Gasteiger partial charge on any atom is -0.349 e. The minimum atomic E-state index is -0.255. The number of hydrogen-bond donors (Lipinski definition) is 2. The van der Waals surface area contributed by atoms with Crippen molar-refractivity contribution in [3.63, 3.8) is 0 Å². The zero-order valence-electron chi connectivity index (χ0n) is 18.1. The first-order chi connectivity index (χ1) is 15.4. The molecular weight excluding hydrogens is 422 g/mol. The Balaban J connectivity index is 1.53. The number of benzene rings is 1. The number of rotatable bonds is 5. The van der Waals surface area contributed by atoms with E-state index in [2.05, 4.69) is 15.7 Å². The lowest BCUT2D eigenvalue weighted by Gasteiger charge is -2.12. The topological polar surface area (TPSA) is 88.9 Å². The Kier molecular flexibility index (Phi) is 5.01. The number of amides is 2. The molecule has 0 radical (unpaired) electrons. The second-order valence-electron chi connectivity index (χ2n) is 8.17. The summed E-state index contributed by atoms with van der Waals surface area (Å²) in [6.45, 7) is 3.78. The van der Waals surface area contributed by atoms with E-state index in [0.29, 0.717) is 22.5 Å². The van der Waals surface area contributed by atoms with Gasteiger partial charge in [0.25, 0.3) is 11.8 Å². The molecule has 0 unspecified atom stereocenters. The molecule has 0 aliphatic heterocycles. The monoisotopic (exact) mass is 445 g/mol. The molecule has 1 aromatic carbocycles. The second kappa shape index (κ2) is 7.87. The van der Waals surface area contributed by atoms with Gasteiger partial charge in [0.05, 0.1) is 27.2 Å². The predicted molar refractivity (Wildman–Crippen MR) is 126 cm³/mol. The highest BCUT2D eigenvalue weighted by Crippen LogP contribution is 2.30. The third kappa shape index (κ3) is 3.78. The van der Waals surface area contributed by atoms with E-state index in [1.165, 1.54) is 0 Å². The van der Waals surface area contributed by atoms with Crippen LogP contribution in [0.25, 0.3) is 21.6 Å². The van der Waals surface area contributed by atoms with E-state index in [-0.39, 0.29) is 17.9 Å². The molecule has 2 N–H and O–H groups in total. The Bertz CT molecular complexity index is 1350. The van der Waals surface area contributed by atoms with Crippen molar-refractivity contribution in [1.82, 2.24) is 20.1 Å². The zero-order valence-corrected chi connectivity index (χ0v) is 18.9. The fraction of sp³-hybridized carbons (Fsp3) is 0.250. The number of nitrogens with zero attached hydrogens (tertiary/aromatic N) is 3. The number of fused-ring (bicyclic) bond motifs is 1. The maximum absolute atomic E-state index is 13.5. The van der Waals surface area contributed by atoms with Gasteiger partial charge in [0.15, 0.2) is 5.65 Å². The summed E-state index contributed by atoms with van der Waals surface area (Å²) in [6.07, 6.45) is 2.05. The van der Waals surface area contributed by atoms with Crippen LogP contribution in [0.2, 0.25) is 0 Å². The Morgan fingerprint density at radius 1 is 1.12 bits per heavy atom. The fourth-order valence-corrected chi connectivity index (χ4v) is 4.44. The van der Waals surface area contributed by atoms with Crippen molar-refractivity contribution < 1.29 is 9.59 Å². The van der Waals surface area contributed by atoms with Crippen molar-refractivity contribution in [2.45, 2.75) is 32.7 Å². The second-order valence-corrected chi connectivity index (χ2v) is 9.12. The first-order valence-electron chi connectivity index (χ1n) is 10.5. The van der Waals surface area contributed by atoms with Crippen LogP contribution in [-0.2, 0) is 7.05 Å². The molecule has 4 aromatic rings. The third-order valence-electron chi connectivity index (χ3n) is 5.65. The summed E-state index contributed by atoms with van der Waals surface area (Å²) < 4.78 is 1.70. The van der Waals surface area contributed by atoms with Crippen molar-refractivity contribution in [3.05, 3.63) is 64.2 Å². The molecule has 0 saturated heterocycles. The Morgan fingerprint density at radius 3 is 2.66 bits per heavy atom. The van der Waals surface area contributed by atoms with E-state index < -0.39 is 0 Å². The molecule has 1 fully saturated rings. The number of carbonyl (C=O) groups is 2. The number of thiophene rings is 1. The molecule has 3 aromatic heterocycles. The summed E-state index contributed by atoms with van der Waals surface area (Å²) in [4.78, 5) is 31.7. The number of carbonyl (C=O) groups excluding carboxylic acids is 2. The third-order valence-corrected chi connectivity index (χ3v) is 6.54. The molecule has 3 heterocycles. The molecule has 8 heteroatoms. The van der Waals surface area contributed by atoms with Crippen LogP contribution in [0, 0.1) is 13.8 Å². The van der Waals surface area contributed by atoms with Crippen LogP contribution >= 0.6 is 11.3 Å². The van der Waals surface area contributed by atoms with Crippen molar-refractivity contribution in [2.75, 3.05) is 5.32 Å². The highest BCUT2D eigenvalue weighted by atomic mass is 32.1. The average molecular weight is 446 g/mol.